The molecule has 1 saturated carbocycles. The average Bonchev–Trinajstić information content (AvgIpc) is 2.48. The molecule has 0 aromatic carbocycles. The third-order valence-electron chi connectivity index (χ3n) is 3.41. The van der Waals surface area contributed by atoms with E-state index < -0.39 is 5.41 Å². The third kappa shape index (κ3) is 1.12. The summed E-state index contributed by atoms with van der Waals surface area (Å²) in [5.74, 6) is -0.182. The van der Waals surface area contributed by atoms with Gasteiger partial charge in [-0.1, -0.05) is 6.42 Å². The van der Waals surface area contributed by atoms with Crippen LogP contribution in [0.1, 0.15) is 32.1 Å². The number of piperidine rings is 1. The van der Waals surface area contributed by atoms with Gasteiger partial charge in [0.05, 0.1) is 5.41 Å². The van der Waals surface area contributed by atoms with Gasteiger partial charge in [0.1, 0.15) is 0 Å². The highest BCUT2D eigenvalue weighted by atomic mass is 16.2. The number of fused-ring (bicyclic) bond motifs is 1. The van der Waals surface area contributed by atoms with Crippen LogP contribution in [0.25, 0.3) is 0 Å². The molecule has 4 heteroatoms. The second kappa shape index (κ2) is 2.72. The maximum atomic E-state index is 11.3. The van der Waals surface area contributed by atoms with Gasteiger partial charge in [0.15, 0.2) is 0 Å². The SMILES string of the molecule is NC(=O)C12CCCC1NC(=O)CC2. The molecule has 0 aromatic rings. The smallest absolute Gasteiger partial charge is 0.225 e. The standard InChI is InChI=1S/C9H14N2O2/c10-8(13)9-4-1-2-6(9)11-7(12)3-5-9/h6H,1-5H2,(H2,10,13)(H,11,12). The van der Waals surface area contributed by atoms with Crippen molar-refractivity contribution in [3.8, 4) is 0 Å². The summed E-state index contributed by atoms with van der Waals surface area (Å²) < 4.78 is 0. The molecule has 1 saturated heterocycles. The Balaban J connectivity index is 2.25. The molecule has 1 aliphatic carbocycles. The lowest BCUT2D eigenvalue weighted by Crippen LogP contribution is -2.55. The molecule has 2 rings (SSSR count). The van der Waals surface area contributed by atoms with Crippen molar-refractivity contribution in [3.05, 3.63) is 0 Å². The highest BCUT2D eigenvalue weighted by molar-refractivity contribution is 5.87. The molecule has 0 spiro atoms. The monoisotopic (exact) mass is 182 g/mol. The van der Waals surface area contributed by atoms with Gasteiger partial charge in [-0.15, -0.1) is 0 Å². The van der Waals surface area contributed by atoms with E-state index >= 15 is 0 Å². The van der Waals surface area contributed by atoms with Gasteiger partial charge >= 0.3 is 0 Å². The first-order valence-electron chi connectivity index (χ1n) is 4.74. The quantitative estimate of drug-likeness (QED) is 0.595. The maximum Gasteiger partial charge on any atom is 0.225 e. The Morgan fingerprint density at radius 2 is 2.31 bits per heavy atom. The van der Waals surface area contributed by atoms with Crippen molar-refractivity contribution in [1.82, 2.24) is 5.32 Å². The number of primary amides is 1. The van der Waals surface area contributed by atoms with Gasteiger partial charge in [0, 0.05) is 12.5 Å². The fraction of sp³-hybridized carbons (Fsp3) is 0.778. The molecule has 2 fully saturated rings. The Hall–Kier alpha value is -1.06. The average molecular weight is 182 g/mol. The molecule has 13 heavy (non-hydrogen) atoms. The molecule has 2 atom stereocenters. The first-order chi connectivity index (χ1) is 6.15. The van der Waals surface area contributed by atoms with Crippen molar-refractivity contribution in [2.24, 2.45) is 11.1 Å². The van der Waals surface area contributed by atoms with E-state index in [-0.39, 0.29) is 17.9 Å². The number of carbonyl (C=O) groups excluding carboxylic acids is 2. The topological polar surface area (TPSA) is 72.2 Å². The van der Waals surface area contributed by atoms with Crippen LogP contribution in [0.3, 0.4) is 0 Å². The summed E-state index contributed by atoms with van der Waals surface area (Å²) in [6.45, 7) is 0. The second-order valence-electron chi connectivity index (χ2n) is 4.03. The molecule has 0 radical (unpaired) electrons. The molecule has 2 amide bonds. The van der Waals surface area contributed by atoms with E-state index in [9.17, 15) is 9.59 Å². The van der Waals surface area contributed by atoms with Crippen molar-refractivity contribution >= 4 is 11.8 Å². The number of hydrogen-bond acceptors (Lipinski definition) is 2. The molecule has 0 bridgehead atoms. The zero-order chi connectivity index (χ0) is 9.47. The van der Waals surface area contributed by atoms with Crippen LogP contribution < -0.4 is 11.1 Å². The molecule has 2 unspecified atom stereocenters. The minimum Gasteiger partial charge on any atom is -0.369 e. The van der Waals surface area contributed by atoms with Gasteiger partial charge in [0.2, 0.25) is 11.8 Å². The van der Waals surface area contributed by atoms with Crippen molar-refractivity contribution in [1.29, 1.82) is 0 Å². The van der Waals surface area contributed by atoms with E-state index in [1.165, 1.54) is 0 Å². The molecular formula is C9H14N2O2. The van der Waals surface area contributed by atoms with Gasteiger partial charge in [-0.3, -0.25) is 9.59 Å². The van der Waals surface area contributed by atoms with Crippen molar-refractivity contribution in [2.45, 2.75) is 38.1 Å². The molecule has 4 nitrogen and oxygen atoms in total. The van der Waals surface area contributed by atoms with Crippen LogP contribution in [0.5, 0.6) is 0 Å². The second-order valence-corrected chi connectivity index (χ2v) is 4.03. The predicted octanol–water partition coefficient (Wildman–Crippen LogP) is -0.0794. The van der Waals surface area contributed by atoms with Gasteiger partial charge in [-0.2, -0.15) is 0 Å². The Morgan fingerprint density at radius 1 is 1.54 bits per heavy atom. The molecule has 1 aliphatic heterocycles. The van der Waals surface area contributed by atoms with E-state index in [2.05, 4.69) is 5.32 Å². The van der Waals surface area contributed by atoms with Crippen LogP contribution in [0.15, 0.2) is 0 Å². The first kappa shape index (κ1) is 8.53. The summed E-state index contributed by atoms with van der Waals surface area (Å²) in [6.07, 6.45) is 3.81. The van der Waals surface area contributed by atoms with Crippen LogP contribution in [0.4, 0.5) is 0 Å². The highest BCUT2D eigenvalue weighted by Crippen LogP contribution is 2.44. The number of carbonyl (C=O) groups is 2. The predicted molar refractivity (Wildman–Crippen MR) is 46.6 cm³/mol. The fourth-order valence-electron chi connectivity index (χ4n) is 2.60. The van der Waals surface area contributed by atoms with E-state index in [0.717, 1.165) is 19.3 Å². The lowest BCUT2D eigenvalue weighted by molar-refractivity contribution is -0.135. The van der Waals surface area contributed by atoms with Crippen molar-refractivity contribution in [3.63, 3.8) is 0 Å². The summed E-state index contributed by atoms with van der Waals surface area (Å²) in [5.41, 5.74) is 4.98. The zero-order valence-corrected chi connectivity index (χ0v) is 7.51. The molecule has 1 heterocycles. The summed E-state index contributed by atoms with van der Waals surface area (Å²) in [4.78, 5) is 22.4. The van der Waals surface area contributed by atoms with E-state index in [4.69, 9.17) is 5.73 Å². The third-order valence-corrected chi connectivity index (χ3v) is 3.41. The van der Waals surface area contributed by atoms with Gasteiger partial charge in [0.25, 0.3) is 0 Å². The highest BCUT2D eigenvalue weighted by Gasteiger charge is 2.50. The van der Waals surface area contributed by atoms with Gasteiger partial charge in [-0.05, 0) is 19.3 Å². The Kier molecular flexibility index (Phi) is 1.78. The fourth-order valence-corrected chi connectivity index (χ4v) is 2.60. The Morgan fingerprint density at radius 3 is 3.00 bits per heavy atom. The van der Waals surface area contributed by atoms with Crippen LogP contribution in [-0.4, -0.2) is 17.9 Å². The van der Waals surface area contributed by atoms with E-state index in [0.29, 0.717) is 12.8 Å². The van der Waals surface area contributed by atoms with E-state index in [1.54, 1.807) is 0 Å². The van der Waals surface area contributed by atoms with Crippen molar-refractivity contribution in [2.75, 3.05) is 0 Å². The largest absolute Gasteiger partial charge is 0.369 e. The van der Waals surface area contributed by atoms with Gasteiger partial charge < -0.3 is 11.1 Å². The molecule has 72 valence electrons. The summed E-state index contributed by atoms with van der Waals surface area (Å²) in [7, 11) is 0. The molecule has 3 N–H and O–H groups in total. The number of nitrogens with two attached hydrogens (primary N) is 1. The zero-order valence-electron chi connectivity index (χ0n) is 7.51. The first-order valence-corrected chi connectivity index (χ1v) is 4.74. The lowest BCUT2D eigenvalue weighted by atomic mass is 9.75. The number of hydrogen-bond donors (Lipinski definition) is 2. The summed E-state index contributed by atoms with van der Waals surface area (Å²) >= 11 is 0. The van der Waals surface area contributed by atoms with Crippen LogP contribution in [0.2, 0.25) is 0 Å². The van der Waals surface area contributed by atoms with Crippen LogP contribution in [0, 0.1) is 5.41 Å². The molecule has 2 aliphatic rings. The maximum absolute atomic E-state index is 11.3. The van der Waals surface area contributed by atoms with Gasteiger partial charge in [-0.25, -0.2) is 0 Å². The number of rotatable bonds is 1. The van der Waals surface area contributed by atoms with Crippen molar-refractivity contribution < 1.29 is 9.59 Å². The minimum absolute atomic E-state index is 0.00579. The lowest BCUT2D eigenvalue weighted by Gasteiger charge is -2.36. The number of amides is 2. The normalized spacial score (nSPS) is 38.2. The van der Waals surface area contributed by atoms with E-state index in [1.807, 2.05) is 0 Å². The Bertz CT molecular complexity index is 264. The number of nitrogens with one attached hydrogen (secondary N) is 1. The summed E-state index contributed by atoms with van der Waals surface area (Å²) in [6, 6.07) is 0.00579. The summed E-state index contributed by atoms with van der Waals surface area (Å²) in [5, 5.41) is 2.86. The molecular weight excluding hydrogens is 168 g/mol. The molecule has 0 aromatic heterocycles. The van der Waals surface area contributed by atoms with Crippen LogP contribution >= 0.6 is 0 Å². The minimum atomic E-state index is -0.423. The van der Waals surface area contributed by atoms with Crippen LogP contribution in [-0.2, 0) is 9.59 Å². The Labute approximate surface area is 76.9 Å².